The van der Waals surface area contributed by atoms with E-state index in [0.717, 1.165) is 37.3 Å². The quantitative estimate of drug-likeness (QED) is 0.907. The summed E-state index contributed by atoms with van der Waals surface area (Å²) in [7, 11) is 2.10. The molecular weight excluding hydrogens is 298 g/mol. The van der Waals surface area contributed by atoms with Crippen LogP contribution in [0.3, 0.4) is 0 Å². The van der Waals surface area contributed by atoms with Crippen molar-refractivity contribution in [3.63, 3.8) is 0 Å². The first-order chi connectivity index (χ1) is 10.5. The minimum Gasteiger partial charge on any atom is -0.301 e. The Hall–Kier alpha value is -1.73. The van der Waals surface area contributed by atoms with Crippen LogP contribution in [0.1, 0.15) is 40.6 Å². The van der Waals surface area contributed by atoms with Crippen molar-refractivity contribution in [2.45, 2.75) is 33.2 Å². The van der Waals surface area contributed by atoms with E-state index in [1.54, 1.807) is 11.3 Å². The second-order valence-corrected chi connectivity index (χ2v) is 7.29. The Bertz CT molecular complexity index is 675. The van der Waals surface area contributed by atoms with Gasteiger partial charge < -0.3 is 4.90 Å². The molecule has 0 saturated carbocycles. The monoisotopic (exact) mass is 319 g/mol. The zero-order valence-corrected chi connectivity index (χ0v) is 14.0. The molecule has 3 rings (SSSR count). The highest BCUT2D eigenvalue weighted by Crippen LogP contribution is 2.27. The lowest BCUT2D eigenvalue weighted by Crippen LogP contribution is -2.25. The first-order valence-corrected chi connectivity index (χ1v) is 8.35. The van der Waals surface area contributed by atoms with Gasteiger partial charge in [-0.1, -0.05) is 13.8 Å². The number of aromatic amines is 1. The summed E-state index contributed by atoms with van der Waals surface area (Å²) in [6, 6.07) is 1.82. The van der Waals surface area contributed by atoms with Crippen molar-refractivity contribution < 1.29 is 4.79 Å². The number of carbonyl (C=O) groups excluding carboxylic acids is 1. The van der Waals surface area contributed by atoms with Gasteiger partial charge in [0, 0.05) is 30.1 Å². The molecule has 7 heteroatoms. The summed E-state index contributed by atoms with van der Waals surface area (Å²) in [5.74, 6) is 0.324. The molecule has 0 atom stereocenters. The third-order valence-electron chi connectivity index (χ3n) is 3.63. The molecule has 0 radical (unpaired) electrons. The average molecular weight is 319 g/mol. The smallest absolute Gasteiger partial charge is 0.277 e. The number of rotatable bonds is 4. The first kappa shape index (κ1) is 15.2. The number of H-pyrrole nitrogens is 1. The Labute approximate surface area is 133 Å². The summed E-state index contributed by atoms with van der Waals surface area (Å²) in [5.41, 5.74) is 2.52. The standard InChI is InChI=1S/C15H21N5OS/c1-9(2)6-10-7-12(19-18-10)14(21)17-15-16-11-4-5-20(3)8-13(11)22-15/h7,9H,4-6,8H2,1-3H3,(H,18,19)(H,16,17,21). The molecule has 0 spiro atoms. The van der Waals surface area contributed by atoms with E-state index in [1.807, 2.05) is 6.07 Å². The van der Waals surface area contributed by atoms with Gasteiger partial charge in [-0.05, 0) is 25.5 Å². The largest absolute Gasteiger partial charge is 0.301 e. The van der Waals surface area contributed by atoms with Gasteiger partial charge >= 0.3 is 0 Å². The van der Waals surface area contributed by atoms with E-state index in [9.17, 15) is 4.79 Å². The highest BCUT2D eigenvalue weighted by Gasteiger charge is 2.20. The number of likely N-dealkylation sites (N-methyl/N-ethyl adjacent to an activating group) is 1. The molecule has 3 heterocycles. The molecule has 0 bridgehead atoms. The fourth-order valence-electron chi connectivity index (χ4n) is 2.56. The molecule has 2 aromatic heterocycles. The van der Waals surface area contributed by atoms with E-state index in [0.29, 0.717) is 16.7 Å². The van der Waals surface area contributed by atoms with Crippen LogP contribution in [0.4, 0.5) is 5.13 Å². The zero-order chi connectivity index (χ0) is 15.7. The van der Waals surface area contributed by atoms with Gasteiger partial charge in [-0.25, -0.2) is 4.98 Å². The number of hydrogen-bond donors (Lipinski definition) is 2. The van der Waals surface area contributed by atoms with Crippen molar-refractivity contribution in [3.8, 4) is 0 Å². The molecule has 0 unspecified atom stereocenters. The Balaban J connectivity index is 1.68. The van der Waals surface area contributed by atoms with Gasteiger partial charge in [-0.3, -0.25) is 15.2 Å². The normalized spacial score (nSPS) is 15.1. The summed E-state index contributed by atoms with van der Waals surface area (Å²) in [6.45, 7) is 6.20. The third kappa shape index (κ3) is 3.36. The number of carbonyl (C=O) groups is 1. The molecule has 2 aromatic rings. The number of amides is 1. The molecule has 118 valence electrons. The van der Waals surface area contributed by atoms with Gasteiger partial charge in [-0.2, -0.15) is 5.10 Å². The number of anilines is 1. The second-order valence-electron chi connectivity index (χ2n) is 6.21. The third-order valence-corrected chi connectivity index (χ3v) is 4.63. The Morgan fingerprint density at radius 2 is 2.36 bits per heavy atom. The first-order valence-electron chi connectivity index (χ1n) is 7.54. The van der Waals surface area contributed by atoms with Crippen LogP contribution in [0.25, 0.3) is 0 Å². The van der Waals surface area contributed by atoms with E-state index >= 15 is 0 Å². The predicted molar refractivity (Wildman–Crippen MR) is 87.2 cm³/mol. The number of hydrogen-bond acceptors (Lipinski definition) is 5. The molecule has 1 aliphatic rings. The molecule has 0 aliphatic carbocycles. The molecule has 1 aliphatic heterocycles. The summed E-state index contributed by atoms with van der Waals surface area (Å²) in [6.07, 6.45) is 1.83. The Morgan fingerprint density at radius 1 is 1.55 bits per heavy atom. The van der Waals surface area contributed by atoms with Gasteiger partial charge in [0.15, 0.2) is 10.8 Å². The summed E-state index contributed by atoms with van der Waals surface area (Å²) >= 11 is 1.56. The van der Waals surface area contributed by atoms with Crippen molar-refractivity contribution in [2.75, 3.05) is 18.9 Å². The fourth-order valence-corrected chi connectivity index (χ4v) is 3.64. The highest BCUT2D eigenvalue weighted by atomic mass is 32.1. The van der Waals surface area contributed by atoms with Crippen LogP contribution in [0, 0.1) is 5.92 Å². The SMILES string of the molecule is CC(C)Cc1cc(C(=O)Nc2nc3c(s2)CN(C)CC3)n[nH]1. The van der Waals surface area contributed by atoms with Crippen molar-refractivity contribution in [2.24, 2.45) is 5.92 Å². The zero-order valence-electron chi connectivity index (χ0n) is 13.1. The van der Waals surface area contributed by atoms with E-state index < -0.39 is 0 Å². The number of thiazole rings is 1. The number of fused-ring (bicyclic) bond motifs is 1. The topological polar surface area (TPSA) is 73.9 Å². The molecule has 22 heavy (non-hydrogen) atoms. The van der Waals surface area contributed by atoms with Crippen molar-refractivity contribution >= 4 is 22.4 Å². The molecular formula is C15H21N5OS. The van der Waals surface area contributed by atoms with Gasteiger partial charge in [0.1, 0.15) is 0 Å². The summed E-state index contributed by atoms with van der Waals surface area (Å²) in [5, 5.41) is 10.5. The van der Waals surface area contributed by atoms with E-state index in [2.05, 4.69) is 46.3 Å². The van der Waals surface area contributed by atoms with Crippen LogP contribution in [0.2, 0.25) is 0 Å². The van der Waals surface area contributed by atoms with Gasteiger partial charge in [0.05, 0.1) is 5.69 Å². The lowest BCUT2D eigenvalue weighted by molar-refractivity contribution is 0.102. The molecule has 0 fully saturated rings. The fraction of sp³-hybridized carbons (Fsp3) is 0.533. The lowest BCUT2D eigenvalue weighted by Gasteiger charge is -2.20. The van der Waals surface area contributed by atoms with Gasteiger partial charge in [-0.15, -0.1) is 11.3 Å². The van der Waals surface area contributed by atoms with E-state index in [1.165, 1.54) is 4.88 Å². The highest BCUT2D eigenvalue weighted by molar-refractivity contribution is 7.15. The maximum Gasteiger partial charge on any atom is 0.277 e. The molecule has 6 nitrogen and oxygen atoms in total. The molecule has 0 aromatic carbocycles. The van der Waals surface area contributed by atoms with E-state index in [4.69, 9.17) is 0 Å². The summed E-state index contributed by atoms with van der Waals surface area (Å²) < 4.78 is 0. The number of nitrogens with zero attached hydrogens (tertiary/aromatic N) is 3. The second kappa shape index (κ2) is 6.18. The minimum atomic E-state index is -0.203. The Kier molecular flexibility index (Phi) is 4.26. The van der Waals surface area contributed by atoms with Crippen molar-refractivity contribution in [1.82, 2.24) is 20.1 Å². The van der Waals surface area contributed by atoms with Crippen LogP contribution in [0.15, 0.2) is 6.07 Å². The Morgan fingerprint density at radius 3 is 3.14 bits per heavy atom. The molecule has 2 N–H and O–H groups in total. The van der Waals surface area contributed by atoms with Crippen LogP contribution in [0.5, 0.6) is 0 Å². The van der Waals surface area contributed by atoms with Crippen LogP contribution >= 0.6 is 11.3 Å². The minimum absolute atomic E-state index is 0.203. The van der Waals surface area contributed by atoms with Crippen molar-refractivity contribution in [3.05, 3.63) is 28.0 Å². The predicted octanol–water partition coefficient (Wildman–Crippen LogP) is 2.30. The molecule has 0 saturated heterocycles. The summed E-state index contributed by atoms with van der Waals surface area (Å²) in [4.78, 5) is 20.3. The van der Waals surface area contributed by atoms with Crippen LogP contribution in [-0.4, -0.2) is 39.6 Å². The number of nitrogens with one attached hydrogen (secondary N) is 2. The number of aromatic nitrogens is 3. The van der Waals surface area contributed by atoms with Crippen LogP contribution < -0.4 is 5.32 Å². The van der Waals surface area contributed by atoms with Gasteiger partial charge in [0.25, 0.3) is 5.91 Å². The van der Waals surface area contributed by atoms with Crippen molar-refractivity contribution in [1.29, 1.82) is 0 Å². The van der Waals surface area contributed by atoms with E-state index in [-0.39, 0.29) is 5.91 Å². The molecule has 1 amide bonds. The van der Waals surface area contributed by atoms with Gasteiger partial charge in [0.2, 0.25) is 0 Å². The average Bonchev–Trinajstić information content (AvgIpc) is 3.03. The van der Waals surface area contributed by atoms with Crippen LogP contribution in [-0.2, 0) is 19.4 Å². The maximum atomic E-state index is 12.3. The maximum absolute atomic E-state index is 12.3. The lowest BCUT2D eigenvalue weighted by atomic mass is 10.1.